The molecule has 1 N–H and O–H groups in total. The van der Waals surface area contributed by atoms with Crippen molar-refractivity contribution < 1.29 is 14.7 Å². The van der Waals surface area contributed by atoms with Crippen LogP contribution in [0.25, 0.3) is 6.08 Å². The van der Waals surface area contributed by atoms with Crippen molar-refractivity contribution in [3.05, 3.63) is 76.9 Å². The molecule has 0 atom stereocenters. The number of carbonyl (C=O) groups is 2. The van der Waals surface area contributed by atoms with Gasteiger partial charge in [0.25, 0.3) is 0 Å². The van der Waals surface area contributed by atoms with E-state index in [0.717, 1.165) is 24.2 Å². The molecule has 0 amide bonds. The van der Waals surface area contributed by atoms with Crippen molar-refractivity contribution in [2.24, 2.45) is 0 Å². The van der Waals surface area contributed by atoms with E-state index in [0.29, 0.717) is 13.0 Å². The summed E-state index contributed by atoms with van der Waals surface area (Å²) in [5.74, 6) is -0.779. The van der Waals surface area contributed by atoms with Gasteiger partial charge in [-0.25, -0.2) is 4.79 Å². The average Bonchev–Trinajstić information content (AvgIpc) is 2.59. The lowest BCUT2D eigenvalue weighted by molar-refractivity contribution is -0.117. The van der Waals surface area contributed by atoms with Crippen LogP contribution in [0.2, 0.25) is 0 Å². The van der Waals surface area contributed by atoms with Crippen LogP contribution in [0.1, 0.15) is 27.9 Å². The van der Waals surface area contributed by atoms with Crippen LogP contribution in [0.4, 0.5) is 0 Å². The first-order valence-corrected chi connectivity index (χ1v) is 7.95. The van der Waals surface area contributed by atoms with Gasteiger partial charge < -0.3 is 5.11 Å². The van der Waals surface area contributed by atoms with Crippen LogP contribution in [0, 0.1) is 0 Å². The molecule has 0 saturated carbocycles. The Labute approximate surface area is 141 Å². The van der Waals surface area contributed by atoms with E-state index in [-0.39, 0.29) is 11.3 Å². The highest BCUT2D eigenvalue weighted by Crippen LogP contribution is 2.18. The quantitative estimate of drug-likeness (QED) is 0.878. The number of aromatic carboxylic acids is 1. The number of nitrogens with zero attached hydrogens (tertiary/aromatic N) is 1. The molecular weight excluding hydrogens is 302 g/mol. The van der Waals surface area contributed by atoms with Gasteiger partial charge in [-0.2, -0.15) is 0 Å². The Hall–Kier alpha value is -2.72. The summed E-state index contributed by atoms with van der Waals surface area (Å²) in [5, 5.41) is 8.94. The summed E-state index contributed by atoms with van der Waals surface area (Å²) < 4.78 is 0. The second-order valence-corrected chi connectivity index (χ2v) is 5.97. The topological polar surface area (TPSA) is 57.6 Å². The van der Waals surface area contributed by atoms with Gasteiger partial charge in [-0.1, -0.05) is 42.5 Å². The molecule has 0 radical (unpaired) electrons. The second-order valence-electron chi connectivity index (χ2n) is 5.97. The highest BCUT2D eigenvalue weighted by molar-refractivity contribution is 6.00. The molecule has 122 valence electrons. The van der Waals surface area contributed by atoms with E-state index in [9.17, 15) is 9.59 Å². The molecule has 1 saturated heterocycles. The number of hydrogen-bond donors (Lipinski definition) is 1. The molecule has 0 spiro atoms. The molecule has 4 heteroatoms. The van der Waals surface area contributed by atoms with Gasteiger partial charge in [0.15, 0.2) is 5.78 Å². The summed E-state index contributed by atoms with van der Waals surface area (Å²) in [6, 6.07) is 16.8. The first-order chi connectivity index (χ1) is 11.6. The number of carboxylic acids is 1. The lowest BCUT2D eigenvalue weighted by Crippen LogP contribution is -2.35. The SMILES string of the molecule is O=C1CCN(Cc2ccccc2)C/C1=C\c1ccc(C(=O)O)cc1. The van der Waals surface area contributed by atoms with Gasteiger partial charge >= 0.3 is 5.97 Å². The molecule has 24 heavy (non-hydrogen) atoms. The van der Waals surface area contributed by atoms with Gasteiger partial charge in [0.2, 0.25) is 0 Å². The lowest BCUT2D eigenvalue weighted by Gasteiger charge is -2.27. The van der Waals surface area contributed by atoms with Gasteiger partial charge in [-0.05, 0) is 29.3 Å². The first kappa shape index (κ1) is 16.1. The number of rotatable bonds is 4. The minimum atomic E-state index is -0.947. The normalized spacial score (nSPS) is 17.2. The van der Waals surface area contributed by atoms with Gasteiger partial charge in [-0.15, -0.1) is 0 Å². The third-order valence-corrected chi connectivity index (χ3v) is 4.15. The summed E-state index contributed by atoms with van der Waals surface area (Å²) in [5.41, 5.74) is 3.11. The molecule has 2 aromatic carbocycles. The van der Waals surface area contributed by atoms with E-state index >= 15 is 0 Å². The minimum absolute atomic E-state index is 0.168. The van der Waals surface area contributed by atoms with E-state index in [1.165, 1.54) is 5.56 Å². The minimum Gasteiger partial charge on any atom is -0.478 e. The van der Waals surface area contributed by atoms with Crippen molar-refractivity contribution in [1.29, 1.82) is 0 Å². The number of carbonyl (C=O) groups excluding carboxylic acids is 1. The fourth-order valence-corrected chi connectivity index (χ4v) is 2.85. The summed E-state index contributed by atoms with van der Waals surface area (Å²) in [6.07, 6.45) is 2.39. The van der Waals surface area contributed by atoms with Gasteiger partial charge in [0, 0.05) is 31.6 Å². The highest BCUT2D eigenvalue weighted by Gasteiger charge is 2.21. The van der Waals surface area contributed by atoms with Crippen molar-refractivity contribution in [2.45, 2.75) is 13.0 Å². The van der Waals surface area contributed by atoms with Gasteiger partial charge in [-0.3, -0.25) is 9.69 Å². The maximum Gasteiger partial charge on any atom is 0.335 e. The van der Waals surface area contributed by atoms with Crippen LogP contribution in [-0.4, -0.2) is 34.8 Å². The summed E-state index contributed by atoms with van der Waals surface area (Å²) in [4.78, 5) is 25.3. The predicted octanol–water partition coefficient (Wildman–Crippen LogP) is 3.24. The Bertz CT molecular complexity index is 763. The molecule has 0 bridgehead atoms. The first-order valence-electron chi connectivity index (χ1n) is 7.95. The van der Waals surface area contributed by atoms with E-state index in [1.807, 2.05) is 24.3 Å². The van der Waals surface area contributed by atoms with Gasteiger partial charge in [0.1, 0.15) is 0 Å². The van der Waals surface area contributed by atoms with Crippen LogP contribution in [0.5, 0.6) is 0 Å². The van der Waals surface area contributed by atoms with Crippen LogP contribution in [0.3, 0.4) is 0 Å². The van der Waals surface area contributed by atoms with Gasteiger partial charge in [0.05, 0.1) is 5.56 Å². The number of benzene rings is 2. The Morgan fingerprint density at radius 3 is 2.46 bits per heavy atom. The molecule has 0 aliphatic carbocycles. The monoisotopic (exact) mass is 321 g/mol. The summed E-state index contributed by atoms with van der Waals surface area (Å²) >= 11 is 0. The lowest BCUT2D eigenvalue weighted by atomic mass is 9.99. The number of carboxylic acid groups (broad SMARTS) is 1. The standard InChI is InChI=1S/C20H19NO3/c22-19-10-11-21(13-16-4-2-1-3-5-16)14-18(19)12-15-6-8-17(9-7-15)20(23)24/h1-9,12H,10-11,13-14H2,(H,23,24)/b18-12+. The van der Waals surface area contributed by atoms with Crippen molar-refractivity contribution in [2.75, 3.05) is 13.1 Å². The van der Waals surface area contributed by atoms with E-state index in [4.69, 9.17) is 5.11 Å². The largest absolute Gasteiger partial charge is 0.478 e. The highest BCUT2D eigenvalue weighted by atomic mass is 16.4. The maximum atomic E-state index is 12.2. The van der Waals surface area contributed by atoms with Crippen LogP contribution in [0.15, 0.2) is 60.2 Å². The molecule has 2 aromatic rings. The number of Topliss-reactive ketones (excluding diaryl/α,β-unsaturated/α-hetero) is 1. The van der Waals surface area contributed by atoms with E-state index in [2.05, 4.69) is 17.0 Å². The van der Waals surface area contributed by atoms with E-state index in [1.54, 1.807) is 24.3 Å². The fraction of sp³-hybridized carbons (Fsp3) is 0.200. The smallest absolute Gasteiger partial charge is 0.335 e. The van der Waals surface area contributed by atoms with Crippen molar-refractivity contribution in [1.82, 2.24) is 4.90 Å². The van der Waals surface area contributed by atoms with Crippen molar-refractivity contribution in [3.63, 3.8) is 0 Å². The number of piperidine rings is 1. The molecule has 1 heterocycles. The molecule has 0 unspecified atom stereocenters. The molecule has 4 nitrogen and oxygen atoms in total. The third kappa shape index (κ3) is 3.97. The molecule has 0 aromatic heterocycles. The predicted molar refractivity (Wildman–Crippen MR) is 92.7 cm³/mol. The van der Waals surface area contributed by atoms with Crippen LogP contribution in [-0.2, 0) is 11.3 Å². The second kappa shape index (κ2) is 7.23. The average molecular weight is 321 g/mol. The summed E-state index contributed by atoms with van der Waals surface area (Å²) in [7, 11) is 0. The molecule has 1 aliphatic heterocycles. The number of hydrogen-bond acceptors (Lipinski definition) is 3. The number of ketones is 1. The molecule has 1 aliphatic rings. The Balaban J connectivity index is 1.73. The Kier molecular flexibility index (Phi) is 4.87. The Morgan fingerprint density at radius 1 is 1.08 bits per heavy atom. The zero-order valence-corrected chi connectivity index (χ0v) is 13.3. The zero-order chi connectivity index (χ0) is 16.9. The molecule has 3 rings (SSSR count). The number of likely N-dealkylation sites (tertiary alicyclic amines) is 1. The summed E-state index contributed by atoms with van der Waals surface area (Å²) in [6.45, 7) is 2.21. The van der Waals surface area contributed by atoms with Crippen molar-refractivity contribution >= 4 is 17.8 Å². The van der Waals surface area contributed by atoms with E-state index < -0.39 is 5.97 Å². The molecule has 1 fully saturated rings. The Morgan fingerprint density at radius 2 is 1.79 bits per heavy atom. The maximum absolute atomic E-state index is 12.2. The van der Waals surface area contributed by atoms with Crippen LogP contribution >= 0.6 is 0 Å². The van der Waals surface area contributed by atoms with Crippen molar-refractivity contribution in [3.8, 4) is 0 Å². The third-order valence-electron chi connectivity index (χ3n) is 4.15. The molecular formula is C20H19NO3. The van der Waals surface area contributed by atoms with Crippen LogP contribution < -0.4 is 0 Å². The zero-order valence-electron chi connectivity index (χ0n) is 13.3. The fourth-order valence-electron chi connectivity index (χ4n) is 2.85.